The molecule has 2 N–H and O–H groups in total. The number of hydrogen-bond donors (Lipinski definition) is 1. The highest BCUT2D eigenvalue weighted by Gasteiger charge is 2.33. The molecular weight excluding hydrogens is 201 g/mol. The minimum Gasteiger partial charge on any atom is -0.330 e. The van der Waals surface area contributed by atoms with Crippen LogP contribution >= 0.6 is 28.3 Å². The maximum absolute atomic E-state index is 5.55. The molecule has 1 aliphatic carbocycles. The quantitative estimate of drug-likeness (QED) is 0.699. The fourth-order valence-corrected chi connectivity index (χ4v) is 1.86. The smallest absolute Gasteiger partial charge is 0.01000 e. The van der Waals surface area contributed by atoms with Crippen molar-refractivity contribution in [1.29, 1.82) is 0 Å². The second-order valence-electron chi connectivity index (χ2n) is 2.69. The molecule has 0 aromatic carbocycles. The van der Waals surface area contributed by atoms with Gasteiger partial charge < -0.3 is 5.73 Å². The van der Waals surface area contributed by atoms with Gasteiger partial charge in [0.2, 0.25) is 0 Å². The Morgan fingerprint density at radius 1 is 1.44 bits per heavy atom. The van der Waals surface area contributed by atoms with Gasteiger partial charge in [-0.05, 0) is 24.8 Å². The van der Waals surface area contributed by atoms with Crippen LogP contribution in [0.2, 0.25) is 0 Å². The number of alkyl halides is 1. The van der Waals surface area contributed by atoms with Gasteiger partial charge in [-0.25, -0.2) is 0 Å². The SMILES string of the molecule is Cl.NCC1(CBr)CCC1. The second kappa shape index (κ2) is 3.79. The number of halogens is 2. The number of hydrogen-bond acceptors (Lipinski definition) is 1. The van der Waals surface area contributed by atoms with Gasteiger partial charge in [-0.3, -0.25) is 0 Å². The van der Waals surface area contributed by atoms with Crippen molar-refractivity contribution in [2.24, 2.45) is 11.1 Å². The summed E-state index contributed by atoms with van der Waals surface area (Å²) in [6.45, 7) is 0.859. The van der Waals surface area contributed by atoms with Crippen molar-refractivity contribution in [1.82, 2.24) is 0 Å². The van der Waals surface area contributed by atoms with E-state index in [4.69, 9.17) is 5.73 Å². The van der Waals surface area contributed by atoms with Crippen molar-refractivity contribution in [2.45, 2.75) is 19.3 Å². The highest BCUT2D eigenvalue weighted by atomic mass is 79.9. The molecule has 0 radical (unpaired) electrons. The van der Waals surface area contributed by atoms with Crippen molar-refractivity contribution < 1.29 is 0 Å². The number of nitrogens with two attached hydrogens (primary N) is 1. The second-order valence-corrected chi connectivity index (χ2v) is 3.25. The van der Waals surface area contributed by atoms with E-state index in [1.54, 1.807) is 0 Å². The van der Waals surface area contributed by atoms with E-state index >= 15 is 0 Å². The van der Waals surface area contributed by atoms with E-state index in [-0.39, 0.29) is 12.4 Å². The average Bonchev–Trinajstić information content (AvgIpc) is 1.67. The van der Waals surface area contributed by atoms with Crippen LogP contribution in [0.4, 0.5) is 0 Å². The van der Waals surface area contributed by atoms with E-state index in [0.29, 0.717) is 5.41 Å². The van der Waals surface area contributed by atoms with E-state index in [9.17, 15) is 0 Å². The molecule has 0 atom stereocenters. The molecular formula is C6H13BrClN. The van der Waals surface area contributed by atoms with Gasteiger partial charge >= 0.3 is 0 Å². The van der Waals surface area contributed by atoms with Gasteiger partial charge in [0.25, 0.3) is 0 Å². The molecule has 1 nitrogen and oxygen atoms in total. The first-order valence-corrected chi connectivity index (χ1v) is 4.21. The molecule has 9 heavy (non-hydrogen) atoms. The summed E-state index contributed by atoms with van der Waals surface area (Å²) in [6.07, 6.45) is 4.03. The van der Waals surface area contributed by atoms with Gasteiger partial charge in [-0.2, -0.15) is 0 Å². The lowest BCUT2D eigenvalue weighted by Gasteiger charge is -2.39. The zero-order valence-electron chi connectivity index (χ0n) is 5.40. The highest BCUT2D eigenvalue weighted by Crippen LogP contribution is 2.40. The monoisotopic (exact) mass is 213 g/mol. The first-order chi connectivity index (χ1) is 3.83. The zero-order chi connectivity index (χ0) is 6.04. The van der Waals surface area contributed by atoms with Crippen LogP contribution in [0.1, 0.15) is 19.3 Å². The largest absolute Gasteiger partial charge is 0.330 e. The predicted octanol–water partition coefficient (Wildman–Crippen LogP) is 1.93. The number of rotatable bonds is 2. The minimum absolute atomic E-state index is 0. The molecule has 1 rings (SSSR count). The third-order valence-electron chi connectivity index (χ3n) is 2.13. The summed E-state index contributed by atoms with van der Waals surface area (Å²) in [5.74, 6) is 0. The Hall–Kier alpha value is 0.730. The van der Waals surface area contributed by atoms with Crippen molar-refractivity contribution in [3.63, 3.8) is 0 Å². The van der Waals surface area contributed by atoms with Gasteiger partial charge in [-0.15, -0.1) is 12.4 Å². The first-order valence-electron chi connectivity index (χ1n) is 3.09. The van der Waals surface area contributed by atoms with Crippen molar-refractivity contribution in [3.8, 4) is 0 Å². The van der Waals surface area contributed by atoms with Crippen LogP contribution in [-0.2, 0) is 0 Å². The van der Waals surface area contributed by atoms with Crippen LogP contribution < -0.4 is 5.73 Å². The molecule has 0 amide bonds. The van der Waals surface area contributed by atoms with Crippen LogP contribution in [0.5, 0.6) is 0 Å². The molecule has 0 aliphatic heterocycles. The Balaban J connectivity index is 0.000000640. The molecule has 0 saturated heterocycles. The fourth-order valence-electron chi connectivity index (χ4n) is 1.07. The van der Waals surface area contributed by atoms with Gasteiger partial charge in [0.05, 0.1) is 0 Å². The van der Waals surface area contributed by atoms with Crippen molar-refractivity contribution in [2.75, 3.05) is 11.9 Å². The lowest BCUT2D eigenvalue weighted by molar-refractivity contribution is 0.182. The van der Waals surface area contributed by atoms with Gasteiger partial charge in [-0.1, -0.05) is 22.4 Å². The Morgan fingerprint density at radius 3 is 2.00 bits per heavy atom. The summed E-state index contributed by atoms with van der Waals surface area (Å²) >= 11 is 3.46. The summed E-state index contributed by atoms with van der Waals surface area (Å²) in [4.78, 5) is 0. The normalized spacial score (nSPS) is 22.0. The molecule has 0 heterocycles. The Bertz CT molecular complexity index is 69.6. The zero-order valence-corrected chi connectivity index (χ0v) is 7.80. The summed E-state index contributed by atoms with van der Waals surface area (Å²) < 4.78 is 0. The van der Waals surface area contributed by atoms with Crippen LogP contribution in [0.15, 0.2) is 0 Å². The van der Waals surface area contributed by atoms with E-state index in [1.807, 2.05) is 0 Å². The average molecular weight is 215 g/mol. The molecule has 1 saturated carbocycles. The maximum Gasteiger partial charge on any atom is 0.01000 e. The molecule has 0 unspecified atom stereocenters. The lowest BCUT2D eigenvalue weighted by Crippen LogP contribution is -2.38. The van der Waals surface area contributed by atoms with E-state index in [1.165, 1.54) is 19.3 Å². The summed E-state index contributed by atoms with van der Waals surface area (Å²) in [5.41, 5.74) is 6.05. The lowest BCUT2D eigenvalue weighted by atomic mass is 9.71. The topological polar surface area (TPSA) is 26.0 Å². The predicted molar refractivity (Wildman–Crippen MR) is 46.4 cm³/mol. The van der Waals surface area contributed by atoms with Gasteiger partial charge in [0.1, 0.15) is 0 Å². The molecule has 0 bridgehead atoms. The molecule has 0 aromatic heterocycles. The summed E-state index contributed by atoms with van der Waals surface area (Å²) in [7, 11) is 0. The highest BCUT2D eigenvalue weighted by molar-refractivity contribution is 9.09. The molecule has 0 aromatic rings. The Morgan fingerprint density at radius 2 is 2.00 bits per heavy atom. The van der Waals surface area contributed by atoms with Crippen LogP contribution in [0.25, 0.3) is 0 Å². The Labute approximate surface area is 70.9 Å². The van der Waals surface area contributed by atoms with E-state index < -0.39 is 0 Å². The third kappa shape index (κ3) is 1.82. The Kier molecular flexibility index (Phi) is 4.10. The molecule has 3 heteroatoms. The van der Waals surface area contributed by atoms with Crippen molar-refractivity contribution in [3.05, 3.63) is 0 Å². The van der Waals surface area contributed by atoms with Crippen LogP contribution in [0.3, 0.4) is 0 Å². The van der Waals surface area contributed by atoms with Crippen LogP contribution in [-0.4, -0.2) is 11.9 Å². The van der Waals surface area contributed by atoms with E-state index in [0.717, 1.165) is 11.9 Å². The summed E-state index contributed by atoms with van der Waals surface area (Å²) in [6, 6.07) is 0. The fraction of sp³-hybridized carbons (Fsp3) is 1.00. The minimum atomic E-state index is 0. The molecule has 1 aliphatic rings. The standard InChI is InChI=1S/C6H12BrN.ClH/c7-4-6(5-8)2-1-3-6;/h1-5,8H2;1H. The molecule has 0 spiro atoms. The molecule has 56 valence electrons. The maximum atomic E-state index is 5.55. The van der Waals surface area contributed by atoms with Gasteiger partial charge in [0.15, 0.2) is 0 Å². The van der Waals surface area contributed by atoms with Gasteiger partial charge in [0, 0.05) is 5.33 Å². The van der Waals surface area contributed by atoms with Crippen LogP contribution in [0, 0.1) is 5.41 Å². The molecule has 1 fully saturated rings. The van der Waals surface area contributed by atoms with E-state index in [2.05, 4.69) is 15.9 Å². The first kappa shape index (κ1) is 9.73. The van der Waals surface area contributed by atoms with Crippen molar-refractivity contribution >= 4 is 28.3 Å². The summed E-state index contributed by atoms with van der Waals surface area (Å²) in [5, 5.41) is 1.09. The third-order valence-corrected chi connectivity index (χ3v) is 3.32.